The van der Waals surface area contributed by atoms with E-state index < -0.39 is 0 Å². The first-order valence-electron chi connectivity index (χ1n) is 12.7. The molecule has 0 atom stereocenters. The zero-order valence-corrected chi connectivity index (χ0v) is 20.0. The summed E-state index contributed by atoms with van der Waals surface area (Å²) in [6.07, 6.45) is 5.07. The van der Waals surface area contributed by atoms with Gasteiger partial charge in [0.15, 0.2) is 5.69 Å². The Morgan fingerprint density at radius 1 is 0.971 bits per heavy atom. The molecule has 0 spiro atoms. The van der Waals surface area contributed by atoms with Crippen molar-refractivity contribution in [3.05, 3.63) is 70.6 Å². The van der Waals surface area contributed by atoms with Crippen LogP contribution in [0, 0.1) is 12.5 Å². The van der Waals surface area contributed by atoms with E-state index in [-0.39, 0.29) is 5.92 Å². The van der Waals surface area contributed by atoms with E-state index in [9.17, 15) is 4.79 Å². The molecule has 3 aliphatic rings. The van der Waals surface area contributed by atoms with Crippen LogP contribution >= 0.6 is 0 Å². The molecule has 0 unspecified atom stereocenters. The van der Waals surface area contributed by atoms with Gasteiger partial charge in [-0.05, 0) is 74.0 Å². The average molecular weight is 458 g/mol. The number of fused-ring (bicyclic) bond motifs is 1. The van der Waals surface area contributed by atoms with Gasteiger partial charge in [-0.2, -0.15) is 0 Å². The first-order valence-corrected chi connectivity index (χ1v) is 12.7. The van der Waals surface area contributed by atoms with Crippen LogP contribution in [0.3, 0.4) is 0 Å². The van der Waals surface area contributed by atoms with Crippen LogP contribution in [0.5, 0.6) is 0 Å². The first-order chi connectivity index (χ1) is 16.6. The molecule has 2 N–H and O–H groups in total. The Morgan fingerprint density at radius 2 is 1.76 bits per heavy atom. The molecule has 3 aliphatic heterocycles. The molecule has 2 saturated heterocycles. The summed E-state index contributed by atoms with van der Waals surface area (Å²) in [6, 6.07) is 14.8. The SMILES string of the molecule is [C-]#[N+]c1ccc2c(c1)CN(C1CCN(C(=O)C3CCN(Cc4cccc(N)c4)CC3)CC1)CC2. The quantitative estimate of drug-likeness (QED) is 0.555. The fourth-order valence-corrected chi connectivity index (χ4v) is 5.94. The standard InChI is InChI=1S/C28H35N5O/c1-30-26-6-5-22-9-14-33(20-24(22)18-26)27-10-15-32(16-11-27)28(34)23-7-12-31(13-8-23)19-21-3-2-4-25(29)17-21/h2-6,17-18,23,27H,7-16,19-20,29H2. The normalized spacial score (nSPS) is 20.6. The molecule has 0 radical (unpaired) electrons. The highest BCUT2D eigenvalue weighted by Crippen LogP contribution is 2.29. The van der Waals surface area contributed by atoms with Crippen molar-refractivity contribution in [1.29, 1.82) is 0 Å². The lowest BCUT2D eigenvalue weighted by atomic mass is 9.92. The molecule has 5 rings (SSSR count). The zero-order chi connectivity index (χ0) is 23.5. The van der Waals surface area contributed by atoms with Crippen LogP contribution < -0.4 is 5.73 Å². The number of piperidine rings is 2. The molecular weight excluding hydrogens is 422 g/mol. The number of hydrogen-bond acceptors (Lipinski definition) is 4. The highest BCUT2D eigenvalue weighted by Gasteiger charge is 2.33. The van der Waals surface area contributed by atoms with E-state index in [1.54, 1.807) is 0 Å². The van der Waals surface area contributed by atoms with Crippen LogP contribution in [0.25, 0.3) is 4.85 Å². The van der Waals surface area contributed by atoms with Crippen molar-refractivity contribution in [2.45, 2.75) is 51.2 Å². The topological polar surface area (TPSA) is 57.2 Å². The minimum absolute atomic E-state index is 0.169. The smallest absolute Gasteiger partial charge is 0.225 e. The minimum atomic E-state index is 0.169. The van der Waals surface area contributed by atoms with E-state index in [2.05, 4.69) is 37.7 Å². The summed E-state index contributed by atoms with van der Waals surface area (Å²) in [5.74, 6) is 0.537. The number of carbonyl (C=O) groups excluding carboxylic acids is 1. The van der Waals surface area contributed by atoms with Crippen molar-refractivity contribution < 1.29 is 4.79 Å². The van der Waals surface area contributed by atoms with Gasteiger partial charge in [-0.1, -0.05) is 30.3 Å². The van der Waals surface area contributed by atoms with Crippen molar-refractivity contribution in [2.75, 3.05) is 38.5 Å². The Labute approximate surface area is 203 Å². The highest BCUT2D eigenvalue weighted by atomic mass is 16.2. The van der Waals surface area contributed by atoms with Crippen LogP contribution in [0.1, 0.15) is 42.4 Å². The molecule has 2 aromatic carbocycles. The van der Waals surface area contributed by atoms with E-state index in [1.807, 2.05) is 24.3 Å². The summed E-state index contributed by atoms with van der Waals surface area (Å²) < 4.78 is 0. The zero-order valence-electron chi connectivity index (χ0n) is 20.0. The molecule has 3 heterocycles. The van der Waals surface area contributed by atoms with Crippen LogP contribution in [-0.4, -0.2) is 59.4 Å². The summed E-state index contributed by atoms with van der Waals surface area (Å²) >= 11 is 0. The second kappa shape index (κ2) is 10.2. The van der Waals surface area contributed by atoms with Crippen LogP contribution in [0.15, 0.2) is 42.5 Å². The Hall–Kier alpha value is -2.88. The van der Waals surface area contributed by atoms with Crippen molar-refractivity contribution in [3.8, 4) is 0 Å². The second-order valence-electron chi connectivity index (χ2n) is 10.1. The summed E-state index contributed by atoms with van der Waals surface area (Å²) in [6.45, 7) is 13.9. The maximum absolute atomic E-state index is 13.2. The Balaban J connectivity index is 1.09. The molecule has 178 valence electrons. The number of likely N-dealkylation sites (tertiary alicyclic amines) is 2. The average Bonchev–Trinajstić information content (AvgIpc) is 2.88. The summed E-state index contributed by atoms with van der Waals surface area (Å²) in [5, 5.41) is 0. The maximum Gasteiger partial charge on any atom is 0.225 e. The van der Waals surface area contributed by atoms with Crippen LogP contribution in [0.2, 0.25) is 0 Å². The monoisotopic (exact) mass is 457 g/mol. The third-order valence-corrected chi connectivity index (χ3v) is 7.95. The highest BCUT2D eigenvalue weighted by molar-refractivity contribution is 5.79. The number of nitrogen functional groups attached to an aromatic ring is 1. The minimum Gasteiger partial charge on any atom is -0.399 e. The van der Waals surface area contributed by atoms with Gasteiger partial charge in [0, 0.05) is 50.4 Å². The maximum atomic E-state index is 13.2. The van der Waals surface area contributed by atoms with Gasteiger partial charge in [-0.15, -0.1) is 0 Å². The van der Waals surface area contributed by atoms with E-state index in [0.717, 1.165) is 89.3 Å². The summed E-state index contributed by atoms with van der Waals surface area (Å²) in [5.41, 5.74) is 11.4. The molecule has 2 fully saturated rings. The van der Waals surface area contributed by atoms with E-state index in [0.29, 0.717) is 11.9 Å². The van der Waals surface area contributed by atoms with Gasteiger partial charge in [0.25, 0.3) is 0 Å². The van der Waals surface area contributed by atoms with Crippen molar-refractivity contribution in [3.63, 3.8) is 0 Å². The van der Waals surface area contributed by atoms with E-state index in [4.69, 9.17) is 12.3 Å². The number of nitrogens with two attached hydrogens (primary N) is 1. The van der Waals surface area contributed by atoms with E-state index >= 15 is 0 Å². The lowest BCUT2D eigenvalue weighted by molar-refractivity contribution is -0.138. The van der Waals surface area contributed by atoms with Gasteiger partial charge < -0.3 is 10.6 Å². The Bertz CT molecular complexity index is 1060. The molecule has 0 bridgehead atoms. The molecule has 0 aliphatic carbocycles. The van der Waals surface area contributed by atoms with Gasteiger partial charge >= 0.3 is 0 Å². The molecular formula is C28H35N5O. The van der Waals surface area contributed by atoms with Crippen molar-refractivity contribution in [2.24, 2.45) is 5.92 Å². The number of hydrogen-bond donors (Lipinski definition) is 1. The molecule has 6 heteroatoms. The Morgan fingerprint density at radius 3 is 2.50 bits per heavy atom. The number of carbonyl (C=O) groups is 1. The lowest BCUT2D eigenvalue weighted by Crippen LogP contribution is -2.50. The van der Waals surface area contributed by atoms with Crippen molar-refractivity contribution in [1.82, 2.24) is 14.7 Å². The predicted molar refractivity (Wildman–Crippen MR) is 135 cm³/mol. The first kappa shape index (κ1) is 22.9. The van der Waals surface area contributed by atoms with Crippen molar-refractivity contribution >= 4 is 17.3 Å². The lowest BCUT2D eigenvalue weighted by Gasteiger charge is -2.42. The largest absolute Gasteiger partial charge is 0.399 e. The van der Waals surface area contributed by atoms with Crippen LogP contribution in [0.4, 0.5) is 11.4 Å². The van der Waals surface area contributed by atoms with Crippen LogP contribution in [-0.2, 0) is 24.3 Å². The molecule has 1 amide bonds. The molecule has 34 heavy (non-hydrogen) atoms. The van der Waals surface area contributed by atoms with Gasteiger partial charge in [0.05, 0.1) is 6.57 Å². The van der Waals surface area contributed by atoms with Gasteiger partial charge in [0.2, 0.25) is 5.91 Å². The molecule has 0 aromatic heterocycles. The fourth-order valence-electron chi connectivity index (χ4n) is 5.94. The van der Waals surface area contributed by atoms with Gasteiger partial charge in [-0.3, -0.25) is 14.6 Å². The fraction of sp³-hybridized carbons (Fsp3) is 0.500. The third kappa shape index (κ3) is 5.11. The third-order valence-electron chi connectivity index (χ3n) is 7.95. The summed E-state index contributed by atoms with van der Waals surface area (Å²) in [4.78, 5) is 24.0. The van der Waals surface area contributed by atoms with Gasteiger partial charge in [-0.25, -0.2) is 4.85 Å². The van der Waals surface area contributed by atoms with Gasteiger partial charge in [0.1, 0.15) is 0 Å². The second-order valence-corrected chi connectivity index (χ2v) is 10.1. The van der Waals surface area contributed by atoms with E-state index in [1.165, 1.54) is 16.7 Å². The number of anilines is 1. The molecule has 0 saturated carbocycles. The number of rotatable bonds is 4. The number of benzene rings is 2. The molecule has 6 nitrogen and oxygen atoms in total. The number of nitrogens with zero attached hydrogens (tertiary/aromatic N) is 4. The molecule has 2 aromatic rings. The number of amides is 1. The predicted octanol–water partition coefficient (Wildman–Crippen LogP) is 4.08. The summed E-state index contributed by atoms with van der Waals surface area (Å²) in [7, 11) is 0. The Kier molecular flexibility index (Phi) is 6.85.